The number of anilines is 1. The van der Waals surface area contributed by atoms with E-state index in [-0.39, 0.29) is 30.3 Å². The highest BCUT2D eigenvalue weighted by Gasteiger charge is 2.37. The molecular weight excluding hydrogens is 360 g/mol. The molecule has 4 rings (SSSR count). The van der Waals surface area contributed by atoms with Crippen LogP contribution in [0, 0.1) is 16.0 Å². The Morgan fingerprint density at radius 2 is 1.75 bits per heavy atom. The number of nitrogens with zero attached hydrogens (tertiary/aromatic N) is 2. The third-order valence-corrected chi connectivity index (χ3v) is 4.78. The minimum absolute atomic E-state index is 0.0645. The van der Waals surface area contributed by atoms with E-state index in [0.29, 0.717) is 0 Å². The Labute approximate surface area is 160 Å². The van der Waals surface area contributed by atoms with Crippen LogP contribution < -0.4 is 9.64 Å². The highest BCUT2D eigenvalue weighted by molar-refractivity contribution is 6.06. The van der Waals surface area contributed by atoms with Crippen LogP contribution in [0.25, 0.3) is 10.8 Å². The number of nitro benzene ring substituents is 1. The number of non-ortho nitro benzene ring substituents is 1. The summed E-state index contributed by atoms with van der Waals surface area (Å²) in [5.74, 6) is -1.04. The van der Waals surface area contributed by atoms with Gasteiger partial charge in [0.2, 0.25) is 5.91 Å². The third kappa shape index (κ3) is 3.29. The zero-order chi connectivity index (χ0) is 19.7. The smallest absolute Gasteiger partial charge is 0.316 e. The van der Waals surface area contributed by atoms with Gasteiger partial charge in [0.25, 0.3) is 5.69 Å². The fraction of sp³-hybridized carbons (Fsp3) is 0.143. The fourth-order valence-electron chi connectivity index (χ4n) is 3.38. The molecule has 0 aromatic heterocycles. The van der Waals surface area contributed by atoms with Crippen molar-refractivity contribution < 1.29 is 19.2 Å². The Kier molecular flexibility index (Phi) is 4.49. The summed E-state index contributed by atoms with van der Waals surface area (Å²) in [7, 11) is 0. The molecule has 1 heterocycles. The van der Waals surface area contributed by atoms with Crippen LogP contribution in [0.1, 0.15) is 6.42 Å². The van der Waals surface area contributed by atoms with Gasteiger partial charge >= 0.3 is 5.97 Å². The van der Waals surface area contributed by atoms with E-state index in [2.05, 4.69) is 0 Å². The molecule has 7 heteroatoms. The Hall–Kier alpha value is -3.74. The first-order valence-corrected chi connectivity index (χ1v) is 8.77. The van der Waals surface area contributed by atoms with Crippen LogP contribution in [0.2, 0.25) is 0 Å². The SMILES string of the molecule is O=C(Oc1ccc([N+](=O)[O-])cc1)[C@@H]1CC(=O)N(c2cccc3ccccc23)C1. The molecule has 1 aliphatic rings. The average molecular weight is 376 g/mol. The lowest BCUT2D eigenvalue weighted by Crippen LogP contribution is -2.27. The molecule has 7 nitrogen and oxygen atoms in total. The molecule has 1 aliphatic heterocycles. The molecule has 1 saturated heterocycles. The molecule has 0 saturated carbocycles. The van der Waals surface area contributed by atoms with Crippen molar-refractivity contribution in [3.63, 3.8) is 0 Å². The average Bonchev–Trinajstić information content (AvgIpc) is 3.09. The van der Waals surface area contributed by atoms with E-state index in [1.165, 1.54) is 24.3 Å². The number of hydrogen-bond acceptors (Lipinski definition) is 5. The Morgan fingerprint density at radius 1 is 1.04 bits per heavy atom. The summed E-state index contributed by atoms with van der Waals surface area (Å²) in [6.07, 6.45) is 0.0645. The van der Waals surface area contributed by atoms with Gasteiger partial charge in [-0.3, -0.25) is 19.7 Å². The Balaban J connectivity index is 1.51. The van der Waals surface area contributed by atoms with Crippen LogP contribution in [0.5, 0.6) is 5.75 Å². The summed E-state index contributed by atoms with van der Waals surface area (Å²) in [5.41, 5.74) is 0.687. The Bertz CT molecular complexity index is 1070. The van der Waals surface area contributed by atoms with E-state index in [9.17, 15) is 19.7 Å². The van der Waals surface area contributed by atoms with Crippen LogP contribution in [0.15, 0.2) is 66.7 Å². The van der Waals surface area contributed by atoms with Crippen molar-refractivity contribution in [1.29, 1.82) is 0 Å². The van der Waals surface area contributed by atoms with Crippen LogP contribution in [-0.4, -0.2) is 23.3 Å². The number of amides is 1. The predicted molar refractivity (Wildman–Crippen MR) is 103 cm³/mol. The van der Waals surface area contributed by atoms with Crippen molar-refractivity contribution in [2.24, 2.45) is 5.92 Å². The molecule has 1 fully saturated rings. The molecule has 0 spiro atoms. The normalized spacial score (nSPS) is 16.4. The predicted octanol–water partition coefficient (Wildman–Crippen LogP) is 3.71. The first kappa shape index (κ1) is 17.7. The van der Waals surface area contributed by atoms with Crippen molar-refractivity contribution in [2.45, 2.75) is 6.42 Å². The minimum Gasteiger partial charge on any atom is -0.426 e. The maximum atomic E-state index is 12.5. The van der Waals surface area contributed by atoms with Crippen molar-refractivity contribution in [1.82, 2.24) is 0 Å². The quantitative estimate of drug-likeness (QED) is 0.300. The summed E-state index contributed by atoms with van der Waals surface area (Å²) in [4.78, 5) is 36.8. The van der Waals surface area contributed by atoms with Gasteiger partial charge in [0, 0.05) is 30.5 Å². The number of benzene rings is 3. The summed E-state index contributed by atoms with van der Waals surface area (Å²) in [6.45, 7) is 0.235. The lowest BCUT2D eigenvalue weighted by Gasteiger charge is -2.18. The van der Waals surface area contributed by atoms with Gasteiger partial charge < -0.3 is 9.64 Å². The molecule has 0 unspecified atom stereocenters. The first-order chi connectivity index (χ1) is 13.5. The van der Waals surface area contributed by atoms with Gasteiger partial charge in [0.05, 0.1) is 16.5 Å². The van der Waals surface area contributed by atoms with E-state index in [1.54, 1.807) is 4.90 Å². The van der Waals surface area contributed by atoms with Crippen molar-refractivity contribution >= 4 is 34.0 Å². The summed E-state index contributed by atoms with van der Waals surface area (Å²) in [5, 5.41) is 12.7. The zero-order valence-corrected chi connectivity index (χ0v) is 14.8. The highest BCUT2D eigenvalue weighted by Crippen LogP contribution is 2.32. The van der Waals surface area contributed by atoms with Gasteiger partial charge in [0.15, 0.2) is 0 Å². The zero-order valence-electron chi connectivity index (χ0n) is 14.8. The Morgan fingerprint density at radius 3 is 2.50 bits per heavy atom. The van der Waals surface area contributed by atoms with E-state index in [0.717, 1.165) is 16.5 Å². The molecule has 3 aromatic carbocycles. The highest BCUT2D eigenvalue weighted by atomic mass is 16.6. The second-order valence-electron chi connectivity index (χ2n) is 6.58. The van der Waals surface area contributed by atoms with E-state index < -0.39 is 16.8 Å². The van der Waals surface area contributed by atoms with Crippen molar-refractivity contribution in [3.8, 4) is 5.75 Å². The molecular formula is C21H16N2O5. The van der Waals surface area contributed by atoms with Gasteiger partial charge in [-0.05, 0) is 23.6 Å². The first-order valence-electron chi connectivity index (χ1n) is 8.77. The third-order valence-electron chi connectivity index (χ3n) is 4.78. The number of rotatable bonds is 4. The number of hydrogen-bond donors (Lipinski definition) is 0. The minimum atomic E-state index is -0.596. The largest absolute Gasteiger partial charge is 0.426 e. The van der Waals surface area contributed by atoms with Gasteiger partial charge in [0.1, 0.15) is 5.75 Å². The van der Waals surface area contributed by atoms with Crippen LogP contribution >= 0.6 is 0 Å². The molecule has 28 heavy (non-hydrogen) atoms. The van der Waals surface area contributed by atoms with Gasteiger partial charge in [-0.25, -0.2) is 0 Å². The topological polar surface area (TPSA) is 89.7 Å². The number of carbonyl (C=O) groups is 2. The second-order valence-corrected chi connectivity index (χ2v) is 6.58. The lowest BCUT2D eigenvalue weighted by molar-refractivity contribution is -0.384. The van der Waals surface area contributed by atoms with Crippen molar-refractivity contribution in [2.75, 3.05) is 11.4 Å². The summed E-state index contributed by atoms with van der Waals surface area (Å²) < 4.78 is 5.31. The number of esters is 1. The maximum absolute atomic E-state index is 12.5. The van der Waals surface area contributed by atoms with Crippen LogP contribution in [-0.2, 0) is 9.59 Å². The van der Waals surface area contributed by atoms with E-state index >= 15 is 0 Å². The van der Waals surface area contributed by atoms with Gasteiger partial charge in [-0.1, -0.05) is 36.4 Å². The number of ether oxygens (including phenoxy) is 1. The molecule has 1 atom stereocenters. The summed E-state index contributed by atoms with van der Waals surface area (Å²) in [6, 6.07) is 18.8. The molecule has 0 N–H and O–H groups in total. The van der Waals surface area contributed by atoms with Gasteiger partial charge in [-0.15, -0.1) is 0 Å². The van der Waals surface area contributed by atoms with Crippen LogP contribution in [0.4, 0.5) is 11.4 Å². The second kappa shape index (κ2) is 7.11. The molecule has 140 valence electrons. The molecule has 0 radical (unpaired) electrons. The number of fused-ring (bicyclic) bond motifs is 1. The van der Waals surface area contributed by atoms with Crippen LogP contribution in [0.3, 0.4) is 0 Å². The molecule has 0 aliphatic carbocycles. The maximum Gasteiger partial charge on any atom is 0.316 e. The monoisotopic (exact) mass is 376 g/mol. The van der Waals surface area contributed by atoms with Gasteiger partial charge in [-0.2, -0.15) is 0 Å². The molecule has 0 bridgehead atoms. The fourth-order valence-corrected chi connectivity index (χ4v) is 3.38. The van der Waals surface area contributed by atoms with E-state index in [4.69, 9.17) is 4.74 Å². The lowest BCUT2D eigenvalue weighted by atomic mass is 10.1. The molecule has 3 aromatic rings. The number of nitro groups is 1. The summed E-state index contributed by atoms with van der Waals surface area (Å²) >= 11 is 0. The standard InChI is InChI=1S/C21H16N2O5/c24-20-12-15(21(25)28-17-10-8-16(9-11-17)23(26)27)13-22(20)19-7-3-5-14-4-1-2-6-18(14)19/h1-11,15H,12-13H2/t15-/m1/s1. The van der Waals surface area contributed by atoms with Crippen molar-refractivity contribution in [3.05, 3.63) is 76.8 Å². The molecule has 1 amide bonds. The van der Waals surface area contributed by atoms with E-state index in [1.807, 2.05) is 42.5 Å². The number of carbonyl (C=O) groups excluding carboxylic acids is 2.